The van der Waals surface area contributed by atoms with Crippen LogP contribution in [0.2, 0.25) is 0 Å². The average molecular weight is 137 g/mol. The Kier molecular flexibility index (Phi) is 0.756. The molecule has 2 N–H and O–H groups in total. The topological polar surface area (TPSA) is 52.5 Å². The van der Waals surface area contributed by atoms with Gasteiger partial charge in [-0.3, -0.25) is 10.5 Å². The maximum absolute atomic E-state index is 7.52. The fraction of sp³-hybridized carbons (Fsp3) is 0.429. The second-order valence-corrected chi connectivity index (χ2v) is 2.51. The van der Waals surface area contributed by atoms with Crippen LogP contribution < -0.4 is 5.49 Å². The number of nitrogens with one attached hydrogen (secondary N) is 2. The van der Waals surface area contributed by atoms with Gasteiger partial charge in [-0.1, -0.05) is 0 Å². The van der Waals surface area contributed by atoms with Crippen molar-refractivity contribution in [1.82, 2.24) is 10.2 Å². The van der Waals surface area contributed by atoms with Crippen molar-refractivity contribution >= 4 is 0 Å². The summed E-state index contributed by atoms with van der Waals surface area (Å²) in [5.74, 6) is 0.360. The molecule has 0 radical (unpaired) electrons. The van der Waals surface area contributed by atoms with E-state index in [1.165, 1.54) is 0 Å². The van der Waals surface area contributed by atoms with Crippen molar-refractivity contribution in [2.45, 2.75) is 18.8 Å². The highest BCUT2D eigenvalue weighted by atomic mass is 15.1. The van der Waals surface area contributed by atoms with Crippen LogP contribution in [0.25, 0.3) is 0 Å². The van der Waals surface area contributed by atoms with Crippen molar-refractivity contribution in [1.29, 1.82) is 5.41 Å². The number of rotatable bonds is 1. The van der Waals surface area contributed by atoms with E-state index < -0.39 is 0 Å². The SMILES string of the molecule is [2H]c1c(C2CC2)n[nH]c(=N)c1[2H]. The molecule has 3 heteroatoms. The van der Waals surface area contributed by atoms with Crippen LogP contribution in [0.5, 0.6) is 0 Å². The molecule has 1 aliphatic rings. The Balaban J connectivity index is 2.57. The molecule has 0 bridgehead atoms. The van der Waals surface area contributed by atoms with Gasteiger partial charge in [-0.05, 0) is 24.9 Å². The Hall–Kier alpha value is -1.12. The van der Waals surface area contributed by atoms with Crippen molar-refractivity contribution in [2.24, 2.45) is 0 Å². The standard InChI is InChI=1S/C7H9N3/c8-7-4-3-6(9-10-7)5-1-2-5/h3-5H,1-2H2,(H2,8,10)/i3D,4D. The molecule has 0 atom stereocenters. The van der Waals surface area contributed by atoms with Crippen LogP contribution in [0.15, 0.2) is 12.1 Å². The maximum Gasteiger partial charge on any atom is 0.138 e. The highest BCUT2D eigenvalue weighted by Gasteiger charge is 2.24. The largest absolute Gasteiger partial charge is 0.283 e. The van der Waals surface area contributed by atoms with Gasteiger partial charge in [0.1, 0.15) is 5.49 Å². The smallest absolute Gasteiger partial charge is 0.138 e. The first kappa shape index (κ1) is 3.91. The number of H-pyrrole nitrogens is 1. The molecule has 3 nitrogen and oxygen atoms in total. The van der Waals surface area contributed by atoms with Crippen molar-refractivity contribution in [2.75, 3.05) is 0 Å². The molecule has 0 aliphatic heterocycles. The Bertz CT molecular complexity index is 367. The van der Waals surface area contributed by atoms with Gasteiger partial charge in [0.05, 0.1) is 8.44 Å². The van der Waals surface area contributed by atoms with Crippen molar-refractivity contribution in [3.63, 3.8) is 0 Å². The highest BCUT2D eigenvalue weighted by Crippen LogP contribution is 2.38. The summed E-state index contributed by atoms with van der Waals surface area (Å²) in [7, 11) is 0. The van der Waals surface area contributed by atoms with Gasteiger partial charge in [-0.15, -0.1) is 0 Å². The summed E-state index contributed by atoms with van der Waals surface area (Å²) in [6, 6.07) is 0.0631. The molecule has 1 saturated carbocycles. The lowest BCUT2D eigenvalue weighted by molar-refractivity contribution is 0.860. The molecular formula is C7H9N3. The summed E-state index contributed by atoms with van der Waals surface area (Å²) in [6.45, 7) is 0. The number of aromatic amines is 1. The van der Waals surface area contributed by atoms with E-state index in [1.54, 1.807) is 0 Å². The molecule has 52 valence electrons. The number of nitrogens with zero attached hydrogens (tertiary/aromatic N) is 1. The molecule has 1 aromatic heterocycles. The predicted octanol–water partition coefficient (Wildman–Crippen LogP) is 0.767. The number of hydrogen-bond acceptors (Lipinski definition) is 2. The molecular weight excluding hydrogens is 126 g/mol. The van der Waals surface area contributed by atoms with Crippen LogP contribution in [0, 0.1) is 5.41 Å². The van der Waals surface area contributed by atoms with E-state index in [4.69, 9.17) is 8.15 Å². The van der Waals surface area contributed by atoms with Crippen LogP contribution in [0.3, 0.4) is 0 Å². The Morgan fingerprint density at radius 1 is 1.70 bits per heavy atom. The third-order valence-corrected chi connectivity index (χ3v) is 1.57. The number of hydrogen-bond donors (Lipinski definition) is 2. The highest BCUT2D eigenvalue weighted by molar-refractivity contribution is 5.11. The molecule has 0 saturated heterocycles. The molecule has 0 aromatic carbocycles. The Labute approximate surface area is 61.4 Å². The zero-order chi connectivity index (χ0) is 8.72. The first-order valence-corrected chi connectivity index (χ1v) is 3.30. The normalized spacial score (nSPS) is 20.0. The van der Waals surface area contributed by atoms with Gasteiger partial charge >= 0.3 is 0 Å². The Morgan fingerprint density at radius 2 is 2.50 bits per heavy atom. The Morgan fingerprint density at radius 3 is 3.20 bits per heavy atom. The minimum absolute atomic E-state index is 0.0492. The van der Waals surface area contributed by atoms with Gasteiger partial charge in [0.25, 0.3) is 0 Å². The molecule has 1 heterocycles. The van der Waals surface area contributed by atoms with Crippen LogP contribution in [0.1, 0.15) is 27.2 Å². The summed E-state index contributed by atoms with van der Waals surface area (Å²) >= 11 is 0. The molecule has 1 aliphatic carbocycles. The molecule has 2 rings (SSSR count). The molecule has 10 heavy (non-hydrogen) atoms. The van der Waals surface area contributed by atoms with Crippen molar-refractivity contribution in [3.05, 3.63) is 23.3 Å². The third kappa shape index (κ3) is 0.943. The van der Waals surface area contributed by atoms with E-state index >= 15 is 0 Å². The molecule has 0 unspecified atom stereocenters. The molecule has 0 amide bonds. The fourth-order valence-electron chi connectivity index (χ4n) is 0.849. The van der Waals surface area contributed by atoms with Gasteiger partial charge in [0.15, 0.2) is 0 Å². The van der Waals surface area contributed by atoms with Gasteiger partial charge < -0.3 is 0 Å². The summed E-state index contributed by atoms with van der Waals surface area (Å²) in [5.41, 5.74) is 0.570. The fourth-order valence-corrected chi connectivity index (χ4v) is 0.849. The minimum Gasteiger partial charge on any atom is -0.283 e. The van der Waals surface area contributed by atoms with Crippen LogP contribution in [-0.2, 0) is 0 Å². The lowest BCUT2D eigenvalue weighted by Gasteiger charge is -1.92. The van der Waals surface area contributed by atoms with Crippen LogP contribution in [-0.4, -0.2) is 10.2 Å². The van der Waals surface area contributed by atoms with E-state index in [0.29, 0.717) is 11.6 Å². The van der Waals surface area contributed by atoms with E-state index in [2.05, 4.69) is 10.2 Å². The van der Waals surface area contributed by atoms with E-state index in [0.717, 1.165) is 12.8 Å². The van der Waals surface area contributed by atoms with E-state index in [-0.39, 0.29) is 17.6 Å². The van der Waals surface area contributed by atoms with Crippen molar-refractivity contribution < 1.29 is 2.74 Å². The number of aromatic nitrogens is 2. The third-order valence-electron chi connectivity index (χ3n) is 1.57. The second kappa shape index (κ2) is 1.94. The van der Waals surface area contributed by atoms with Gasteiger partial charge in [0, 0.05) is 5.92 Å². The first-order chi connectivity index (χ1) is 5.70. The van der Waals surface area contributed by atoms with Crippen LogP contribution in [0.4, 0.5) is 0 Å². The maximum atomic E-state index is 7.52. The molecule has 0 spiro atoms. The van der Waals surface area contributed by atoms with Gasteiger partial charge in [0.2, 0.25) is 0 Å². The zero-order valence-corrected chi connectivity index (χ0v) is 5.44. The van der Waals surface area contributed by atoms with Crippen molar-refractivity contribution in [3.8, 4) is 0 Å². The summed E-state index contributed by atoms with van der Waals surface area (Å²) in [4.78, 5) is 0. The van der Waals surface area contributed by atoms with E-state index in [9.17, 15) is 0 Å². The molecule has 1 fully saturated rings. The van der Waals surface area contributed by atoms with E-state index in [1.807, 2.05) is 0 Å². The summed E-state index contributed by atoms with van der Waals surface area (Å²) in [5, 5.41) is 13.5. The quantitative estimate of drug-likeness (QED) is 0.590. The monoisotopic (exact) mass is 137 g/mol. The summed E-state index contributed by atoms with van der Waals surface area (Å²) in [6.07, 6.45) is 2.12. The van der Waals surface area contributed by atoms with Gasteiger partial charge in [-0.25, -0.2) is 0 Å². The predicted molar refractivity (Wildman–Crippen MR) is 36.4 cm³/mol. The average Bonchev–Trinajstić information content (AvgIpc) is 2.84. The second-order valence-electron chi connectivity index (χ2n) is 2.51. The zero-order valence-electron chi connectivity index (χ0n) is 7.44. The molecule has 1 aromatic rings. The lowest BCUT2D eigenvalue weighted by Crippen LogP contribution is -2.06. The summed E-state index contributed by atoms with van der Waals surface area (Å²) < 4.78 is 14.9. The van der Waals surface area contributed by atoms with Crippen LogP contribution >= 0.6 is 0 Å². The first-order valence-electron chi connectivity index (χ1n) is 4.30. The lowest BCUT2D eigenvalue weighted by atomic mass is 10.3. The minimum atomic E-state index is -0.0793. The van der Waals surface area contributed by atoms with Gasteiger partial charge in [-0.2, -0.15) is 5.10 Å².